The molecule has 0 aromatic rings. The van der Waals surface area contributed by atoms with Gasteiger partial charge in [-0.3, -0.25) is 4.79 Å². The molecule has 6 heteroatoms. The Bertz CT molecular complexity index is 1070. The number of aliphatic hydroxyl groups excluding tert-OH is 4. The van der Waals surface area contributed by atoms with E-state index in [1.54, 1.807) is 0 Å². The smallest absolute Gasteiger partial charge is 0.249 e. The quantitative estimate of drug-likeness (QED) is 0.0308. The summed E-state index contributed by atoms with van der Waals surface area (Å²) in [5.41, 5.74) is 0. The lowest BCUT2D eigenvalue weighted by atomic mass is 10.00. The molecule has 0 aliphatic rings. The van der Waals surface area contributed by atoms with E-state index in [4.69, 9.17) is 0 Å². The van der Waals surface area contributed by atoms with Gasteiger partial charge in [0.25, 0.3) is 0 Å². The second-order valence-electron chi connectivity index (χ2n) is 19.6. The van der Waals surface area contributed by atoms with Crippen LogP contribution >= 0.6 is 0 Å². The van der Waals surface area contributed by atoms with Crippen LogP contribution in [0.25, 0.3) is 0 Å². The maximum Gasteiger partial charge on any atom is 0.249 e. The third-order valence-electron chi connectivity index (χ3n) is 13.2. The molecule has 0 aliphatic heterocycles. The molecule has 0 aromatic heterocycles. The van der Waals surface area contributed by atoms with Crippen LogP contribution in [0.3, 0.4) is 0 Å². The lowest BCUT2D eigenvalue weighted by Gasteiger charge is -2.27. The van der Waals surface area contributed by atoms with Gasteiger partial charge in [-0.1, -0.05) is 249 Å². The average Bonchev–Trinajstić information content (AvgIpc) is 3.31. The van der Waals surface area contributed by atoms with Gasteiger partial charge in [-0.25, -0.2) is 0 Å². The molecule has 0 bridgehead atoms. The highest BCUT2D eigenvalue weighted by molar-refractivity contribution is 5.80. The van der Waals surface area contributed by atoms with Crippen LogP contribution in [0.4, 0.5) is 0 Å². The lowest BCUT2D eigenvalue weighted by Crippen LogP contribution is -2.53. The van der Waals surface area contributed by atoms with E-state index in [1.807, 2.05) is 0 Å². The molecule has 0 aliphatic carbocycles. The Kier molecular flexibility index (Phi) is 51.8. The minimum atomic E-state index is -1.30. The summed E-state index contributed by atoms with van der Waals surface area (Å²) in [5, 5.41) is 44.0. The number of carbonyl (C=O) groups is 1. The molecule has 65 heavy (non-hydrogen) atoms. The van der Waals surface area contributed by atoms with Crippen LogP contribution in [0.2, 0.25) is 0 Å². The molecular weight excluding hydrogens is 803 g/mol. The number of amides is 1. The maximum absolute atomic E-state index is 12.6. The van der Waals surface area contributed by atoms with Gasteiger partial charge in [0, 0.05) is 0 Å². The van der Waals surface area contributed by atoms with Crippen molar-refractivity contribution in [2.45, 2.75) is 314 Å². The van der Waals surface area contributed by atoms with E-state index in [0.717, 1.165) is 51.4 Å². The molecule has 0 rings (SSSR count). The second-order valence-corrected chi connectivity index (χ2v) is 19.6. The third-order valence-corrected chi connectivity index (χ3v) is 13.2. The summed E-state index contributed by atoms with van der Waals surface area (Å²) in [6, 6.07) is -1.01. The second kappa shape index (κ2) is 53.2. The number of nitrogens with one attached hydrogen (secondary N) is 1. The molecule has 0 saturated carbocycles. The molecule has 4 atom stereocenters. The number of unbranched alkanes of at least 4 members (excludes halogenated alkanes) is 35. The maximum atomic E-state index is 12.6. The van der Waals surface area contributed by atoms with Crippen molar-refractivity contribution in [2.24, 2.45) is 0 Å². The number of rotatable bonds is 52. The van der Waals surface area contributed by atoms with Crippen LogP contribution in [-0.2, 0) is 4.79 Å². The number of hydrogen-bond acceptors (Lipinski definition) is 5. The Labute approximate surface area is 404 Å². The van der Waals surface area contributed by atoms with Crippen molar-refractivity contribution in [1.82, 2.24) is 5.32 Å². The summed E-state index contributed by atoms with van der Waals surface area (Å²) in [6.45, 7) is 4.06. The number of allylic oxidation sites excluding steroid dienone is 8. The van der Waals surface area contributed by atoms with E-state index >= 15 is 0 Å². The predicted molar refractivity (Wildman–Crippen MR) is 283 cm³/mol. The van der Waals surface area contributed by atoms with Crippen LogP contribution in [0, 0.1) is 0 Å². The van der Waals surface area contributed by atoms with E-state index in [2.05, 4.69) is 67.8 Å². The van der Waals surface area contributed by atoms with Crippen molar-refractivity contribution in [3.05, 3.63) is 48.6 Å². The van der Waals surface area contributed by atoms with Gasteiger partial charge in [-0.05, 0) is 89.9 Å². The predicted octanol–water partition coefficient (Wildman–Crippen LogP) is 16.6. The van der Waals surface area contributed by atoms with E-state index in [1.165, 1.54) is 205 Å². The first-order valence-corrected chi connectivity index (χ1v) is 28.5. The molecule has 4 unspecified atom stereocenters. The minimum Gasteiger partial charge on any atom is -0.394 e. The van der Waals surface area contributed by atoms with Crippen LogP contribution < -0.4 is 5.32 Å². The molecule has 5 N–H and O–H groups in total. The van der Waals surface area contributed by atoms with E-state index in [0.29, 0.717) is 19.3 Å². The zero-order valence-corrected chi connectivity index (χ0v) is 43.2. The molecule has 1 amide bonds. The van der Waals surface area contributed by atoms with Crippen LogP contribution in [0.5, 0.6) is 0 Å². The topological polar surface area (TPSA) is 110 Å². The van der Waals surface area contributed by atoms with Crippen molar-refractivity contribution >= 4 is 5.91 Å². The van der Waals surface area contributed by atoms with Gasteiger partial charge in [0.15, 0.2) is 0 Å². The number of carbonyl (C=O) groups excluding carboxylic acids is 1. The zero-order valence-electron chi connectivity index (χ0n) is 43.2. The summed E-state index contributed by atoms with van der Waals surface area (Å²) in [6.07, 6.45) is 67.5. The SMILES string of the molecule is CCCCCCCCCCCCC/C=C/CC/C=C/CC/C=C/CCCC(O)C(O)C(CO)NC(=O)C(O)CCCCCCCCCCC/C=C\CCCCCCCCCCCCCC. The van der Waals surface area contributed by atoms with Gasteiger partial charge in [0.05, 0.1) is 18.8 Å². The fourth-order valence-corrected chi connectivity index (χ4v) is 8.73. The summed E-state index contributed by atoms with van der Waals surface area (Å²) < 4.78 is 0. The third kappa shape index (κ3) is 47.1. The first kappa shape index (κ1) is 63.3. The molecule has 0 radical (unpaired) electrons. The summed E-state index contributed by atoms with van der Waals surface area (Å²) in [4.78, 5) is 12.6. The largest absolute Gasteiger partial charge is 0.394 e. The highest BCUT2D eigenvalue weighted by Crippen LogP contribution is 2.16. The van der Waals surface area contributed by atoms with Gasteiger partial charge in [-0.2, -0.15) is 0 Å². The average molecular weight is 915 g/mol. The Hall–Kier alpha value is -1.73. The molecule has 0 fully saturated rings. The standard InChI is InChI=1S/C59H111NO5/c1-3-5-7-9-11-13-15-17-19-21-23-25-27-29-31-33-35-37-39-41-43-45-47-49-51-53-57(63)59(65)60-55(54-61)58(64)56(62)52-50-48-46-44-42-40-38-36-34-32-30-28-26-24-22-20-18-16-14-12-10-8-6-4-2/h28-31,36,38,44,46,55-58,61-64H,3-27,32-35,37,39-43,45,47-54H2,1-2H3,(H,60,65)/b30-28+,31-29-,38-36+,46-44+. The first-order valence-electron chi connectivity index (χ1n) is 28.5. The van der Waals surface area contributed by atoms with Crippen LogP contribution in [-0.4, -0.2) is 57.3 Å². The zero-order chi connectivity index (χ0) is 47.4. The Morgan fingerprint density at radius 2 is 0.646 bits per heavy atom. The first-order chi connectivity index (χ1) is 32.0. The van der Waals surface area contributed by atoms with Gasteiger partial charge >= 0.3 is 0 Å². The summed E-state index contributed by atoms with van der Waals surface area (Å²) in [7, 11) is 0. The normalized spacial score (nSPS) is 14.1. The molecular formula is C59H111NO5. The van der Waals surface area contributed by atoms with E-state index < -0.39 is 36.9 Å². The summed E-state index contributed by atoms with van der Waals surface area (Å²) in [5.74, 6) is -0.599. The lowest BCUT2D eigenvalue weighted by molar-refractivity contribution is -0.132. The molecule has 0 heterocycles. The van der Waals surface area contributed by atoms with Crippen LogP contribution in [0.15, 0.2) is 48.6 Å². The summed E-state index contributed by atoms with van der Waals surface area (Å²) >= 11 is 0. The molecule has 6 nitrogen and oxygen atoms in total. The molecule has 0 aromatic carbocycles. The Balaban J connectivity index is 3.71. The van der Waals surface area contributed by atoms with E-state index in [9.17, 15) is 25.2 Å². The Morgan fingerprint density at radius 3 is 0.969 bits per heavy atom. The monoisotopic (exact) mass is 914 g/mol. The minimum absolute atomic E-state index is 0.356. The fraction of sp³-hybridized carbons (Fsp3) is 0.847. The molecule has 382 valence electrons. The van der Waals surface area contributed by atoms with Gasteiger partial charge in [0.1, 0.15) is 12.2 Å². The van der Waals surface area contributed by atoms with Crippen molar-refractivity contribution in [2.75, 3.05) is 6.61 Å². The van der Waals surface area contributed by atoms with Gasteiger partial charge in [0.2, 0.25) is 5.91 Å². The van der Waals surface area contributed by atoms with Crippen molar-refractivity contribution in [3.63, 3.8) is 0 Å². The highest BCUT2D eigenvalue weighted by Gasteiger charge is 2.28. The van der Waals surface area contributed by atoms with E-state index in [-0.39, 0.29) is 0 Å². The fourth-order valence-electron chi connectivity index (χ4n) is 8.73. The van der Waals surface area contributed by atoms with Crippen molar-refractivity contribution in [3.8, 4) is 0 Å². The highest BCUT2D eigenvalue weighted by atomic mass is 16.3. The number of aliphatic hydroxyl groups is 4. The molecule has 0 saturated heterocycles. The Morgan fingerprint density at radius 1 is 0.369 bits per heavy atom. The van der Waals surface area contributed by atoms with Crippen molar-refractivity contribution in [1.29, 1.82) is 0 Å². The van der Waals surface area contributed by atoms with Crippen molar-refractivity contribution < 1.29 is 25.2 Å². The molecule has 0 spiro atoms. The van der Waals surface area contributed by atoms with Crippen LogP contribution in [0.1, 0.15) is 290 Å². The van der Waals surface area contributed by atoms with Gasteiger partial charge in [-0.15, -0.1) is 0 Å². The van der Waals surface area contributed by atoms with Gasteiger partial charge < -0.3 is 25.7 Å². The number of hydrogen-bond donors (Lipinski definition) is 5.